The first-order valence-corrected chi connectivity index (χ1v) is 13.2. The quantitative estimate of drug-likeness (QED) is 0.306. The lowest BCUT2D eigenvalue weighted by atomic mass is 9.87. The van der Waals surface area contributed by atoms with Gasteiger partial charge in [0.2, 0.25) is 0 Å². The van der Waals surface area contributed by atoms with Crippen molar-refractivity contribution in [3.8, 4) is 0 Å². The first-order chi connectivity index (χ1) is 16.5. The highest BCUT2D eigenvalue weighted by Gasteiger charge is 2.38. The van der Waals surface area contributed by atoms with Crippen LogP contribution < -0.4 is 0 Å². The van der Waals surface area contributed by atoms with Gasteiger partial charge in [-0.25, -0.2) is 0 Å². The lowest BCUT2D eigenvalue weighted by Crippen LogP contribution is -2.48. The Hall–Kier alpha value is -1.48. The molecule has 37 heavy (non-hydrogen) atoms. The molecule has 11 nitrogen and oxygen atoms in total. The van der Waals surface area contributed by atoms with Gasteiger partial charge in [0.05, 0.1) is 44.5 Å². The summed E-state index contributed by atoms with van der Waals surface area (Å²) in [5.41, 5.74) is 0.118. The molecular formula is C25H48O11S. The molecule has 1 fully saturated rings. The van der Waals surface area contributed by atoms with E-state index >= 15 is 0 Å². The van der Waals surface area contributed by atoms with Crippen LogP contribution in [-0.2, 0) is 24.4 Å². The molecule has 1 aliphatic heterocycles. The fourth-order valence-corrected chi connectivity index (χ4v) is 2.82. The lowest BCUT2D eigenvalue weighted by Gasteiger charge is -2.42. The maximum atomic E-state index is 10.5. The third kappa shape index (κ3) is 16.9. The van der Waals surface area contributed by atoms with Crippen LogP contribution in [0.15, 0.2) is 29.2 Å². The second-order valence-corrected chi connectivity index (χ2v) is 10.9. The molecule has 0 amide bonds. The molecule has 2 rings (SSSR count). The summed E-state index contributed by atoms with van der Waals surface area (Å²) in [6.07, 6.45) is 1.48. The van der Waals surface area contributed by atoms with E-state index in [9.17, 15) is 13.2 Å². The first kappa shape index (κ1) is 40.0. The third-order valence-electron chi connectivity index (χ3n) is 5.61. The van der Waals surface area contributed by atoms with Gasteiger partial charge in [-0.15, -0.1) is 0 Å². The Kier molecular flexibility index (Phi) is 20.2. The van der Waals surface area contributed by atoms with Crippen LogP contribution in [0.5, 0.6) is 0 Å². The normalized spacial score (nSPS) is 15.8. The molecule has 0 atom stereocenters. The van der Waals surface area contributed by atoms with Crippen LogP contribution in [0.3, 0.4) is 0 Å². The molecule has 0 bridgehead atoms. The zero-order chi connectivity index (χ0) is 28.6. The summed E-state index contributed by atoms with van der Waals surface area (Å²) < 4.78 is 40.5. The highest BCUT2D eigenvalue weighted by atomic mass is 32.2. The van der Waals surface area contributed by atoms with Gasteiger partial charge in [0.15, 0.2) is 5.79 Å². The van der Waals surface area contributed by atoms with E-state index in [1.807, 2.05) is 34.6 Å². The van der Waals surface area contributed by atoms with Crippen LogP contribution in [0.25, 0.3) is 0 Å². The van der Waals surface area contributed by atoms with Crippen molar-refractivity contribution in [2.75, 3.05) is 39.6 Å². The van der Waals surface area contributed by atoms with Crippen molar-refractivity contribution < 1.29 is 53.1 Å². The van der Waals surface area contributed by atoms with Crippen molar-refractivity contribution in [3.63, 3.8) is 0 Å². The molecule has 220 valence electrons. The Labute approximate surface area is 221 Å². The van der Waals surface area contributed by atoms with Crippen LogP contribution in [0.2, 0.25) is 0 Å². The van der Waals surface area contributed by atoms with Gasteiger partial charge in [0.25, 0.3) is 10.1 Å². The van der Waals surface area contributed by atoms with Crippen molar-refractivity contribution in [1.82, 2.24) is 0 Å². The highest BCUT2D eigenvalue weighted by molar-refractivity contribution is 7.85. The number of hydrogen-bond acceptors (Lipinski definition) is 9. The fraction of sp³-hybridized carbons (Fsp3) is 0.720. The summed E-state index contributed by atoms with van der Waals surface area (Å²) in [4.78, 5) is 9.38. The molecule has 1 aliphatic rings. The Balaban J connectivity index is -0.000000435. The third-order valence-corrected chi connectivity index (χ3v) is 6.48. The van der Waals surface area contributed by atoms with E-state index in [1.54, 1.807) is 12.1 Å². The van der Waals surface area contributed by atoms with Gasteiger partial charge in [-0.3, -0.25) is 4.55 Å². The first-order valence-electron chi connectivity index (χ1n) is 11.7. The number of benzene rings is 1. The minimum absolute atomic E-state index is 0. The molecule has 12 heteroatoms. The van der Waals surface area contributed by atoms with Gasteiger partial charge in [0, 0.05) is 10.8 Å². The summed E-state index contributed by atoms with van der Waals surface area (Å²) in [6.45, 7) is 13.4. The standard InChI is InChI=1S/C9H18O3.C7H8O3S.C6H14O3.C3H6O.H2O/c1-4-9(5-10)6-11-8(2,3)12-7-9;1-6-2-4-7(5-3-6)11(8,9)10;1-2-6(3-7,4-8)5-9;1-3(2)4;/h10H,4-7H2,1-3H3;2-5H,1H3,(H,8,9,10);7-9H,2-5H2,1H3;1-2H3;1H2. The zero-order valence-electron chi connectivity index (χ0n) is 23.2. The average molecular weight is 557 g/mol. The molecule has 1 heterocycles. The van der Waals surface area contributed by atoms with Crippen LogP contribution in [0.1, 0.15) is 59.9 Å². The van der Waals surface area contributed by atoms with E-state index < -0.39 is 21.3 Å². The number of carbonyl (C=O) groups excluding carboxylic acids is 1. The van der Waals surface area contributed by atoms with Crippen LogP contribution in [0.4, 0.5) is 0 Å². The highest BCUT2D eigenvalue weighted by Crippen LogP contribution is 2.31. The second kappa shape index (κ2) is 18.7. The number of hydrogen-bond donors (Lipinski definition) is 5. The molecule has 1 saturated heterocycles. The van der Waals surface area contributed by atoms with E-state index in [1.165, 1.54) is 26.0 Å². The number of aliphatic hydroxyl groups is 4. The molecule has 0 saturated carbocycles. The number of ketones is 1. The van der Waals surface area contributed by atoms with Crippen LogP contribution in [-0.4, -0.2) is 90.1 Å². The maximum Gasteiger partial charge on any atom is 0.294 e. The average Bonchev–Trinajstić information content (AvgIpc) is 2.82. The van der Waals surface area contributed by atoms with Crippen molar-refractivity contribution in [2.45, 2.75) is 72.0 Å². The molecule has 0 unspecified atom stereocenters. The SMILES string of the molecule is CC(C)=O.CCC(CO)(CO)CO.CCC1(CO)COC(C)(C)OC1.Cc1ccc(S(=O)(=O)O)cc1.O. The van der Waals surface area contributed by atoms with Crippen molar-refractivity contribution in [3.05, 3.63) is 29.8 Å². The molecule has 1 aromatic carbocycles. The summed E-state index contributed by atoms with van der Waals surface area (Å²) in [7, 11) is -4.02. The molecule has 0 radical (unpaired) electrons. The summed E-state index contributed by atoms with van der Waals surface area (Å²) >= 11 is 0. The van der Waals surface area contributed by atoms with E-state index in [0.717, 1.165) is 12.0 Å². The Morgan fingerprint density at radius 2 is 1.32 bits per heavy atom. The topological polar surface area (TPSA) is 202 Å². The monoisotopic (exact) mass is 556 g/mol. The molecule has 0 aliphatic carbocycles. The van der Waals surface area contributed by atoms with Crippen LogP contribution >= 0.6 is 0 Å². The van der Waals surface area contributed by atoms with Crippen LogP contribution in [0, 0.1) is 17.8 Å². The number of ether oxygens (including phenoxy) is 2. The summed E-state index contributed by atoms with van der Waals surface area (Å²) in [6, 6.07) is 5.99. The molecule has 0 spiro atoms. The minimum Gasteiger partial charge on any atom is -0.412 e. The number of Topliss-reactive ketones (excluding diaryl/α,β-unsaturated/α-hetero) is 1. The van der Waals surface area contributed by atoms with Crippen molar-refractivity contribution in [1.29, 1.82) is 0 Å². The van der Waals surface area contributed by atoms with Crippen molar-refractivity contribution >= 4 is 15.9 Å². The number of carbonyl (C=O) groups is 1. The van der Waals surface area contributed by atoms with E-state index in [-0.39, 0.29) is 48.0 Å². The van der Waals surface area contributed by atoms with Gasteiger partial charge in [-0.2, -0.15) is 8.42 Å². The van der Waals surface area contributed by atoms with E-state index in [0.29, 0.717) is 19.6 Å². The Morgan fingerprint density at radius 1 is 0.946 bits per heavy atom. The van der Waals surface area contributed by atoms with Gasteiger partial charge < -0.3 is 40.2 Å². The summed E-state index contributed by atoms with van der Waals surface area (Å²) in [5, 5.41) is 35.1. The smallest absolute Gasteiger partial charge is 0.294 e. The second-order valence-electron chi connectivity index (χ2n) is 9.51. The van der Waals surface area contributed by atoms with Gasteiger partial charge in [-0.1, -0.05) is 31.5 Å². The Bertz CT molecular complexity index is 795. The molecule has 1 aromatic rings. The van der Waals surface area contributed by atoms with Crippen molar-refractivity contribution in [2.24, 2.45) is 10.8 Å². The lowest BCUT2D eigenvalue weighted by molar-refractivity contribution is -0.290. The molecule has 0 aromatic heterocycles. The fourth-order valence-electron chi connectivity index (χ4n) is 2.34. The Morgan fingerprint density at radius 3 is 1.54 bits per heavy atom. The molecular weight excluding hydrogens is 508 g/mol. The predicted molar refractivity (Wildman–Crippen MR) is 141 cm³/mol. The molecule has 7 N–H and O–H groups in total. The zero-order valence-corrected chi connectivity index (χ0v) is 24.0. The number of rotatable bonds is 7. The van der Waals surface area contributed by atoms with E-state index in [4.69, 9.17) is 34.5 Å². The van der Waals surface area contributed by atoms with E-state index in [2.05, 4.69) is 0 Å². The van der Waals surface area contributed by atoms with Gasteiger partial charge in [0.1, 0.15) is 5.78 Å². The number of aryl methyl sites for hydroxylation is 1. The predicted octanol–water partition coefficient (Wildman–Crippen LogP) is 1.53. The minimum atomic E-state index is -4.02. The number of aliphatic hydroxyl groups excluding tert-OH is 4. The van der Waals surface area contributed by atoms with Gasteiger partial charge >= 0.3 is 0 Å². The largest absolute Gasteiger partial charge is 0.412 e. The van der Waals surface area contributed by atoms with Gasteiger partial charge in [-0.05, 0) is 59.6 Å². The maximum absolute atomic E-state index is 10.5. The summed E-state index contributed by atoms with van der Waals surface area (Å²) in [5.74, 6) is -0.312.